The molecular weight excluding hydrogens is 144 g/mol. The number of hydrogen-bond donors (Lipinski definition) is 2. The number of nitrogens with one attached hydrogen (secondary N) is 2. The molecule has 1 aliphatic rings. The summed E-state index contributed by atoms with van der Waals surface area (Å²) in [5, 5.41) is 6.94. The van der Waals surface area contributed by atoms with Gasteiger partial charge in [-0.15, -0.1) is 0 Å². The predicted octanol–water partition coefficient (Wildman–Crippen LogP) is 1.02. The van der Waals surface area contributed by atoms with Gasteiger partial charge in [-0.2, -0.15) is 0 Å². The molecule has 0 atom stereocenters. The first-order valence-electron chi connectivity index (χ1n) is 3.66. The Labute approximate surface area is 67.4 Å². The molecule has 0 aromatic carbocycles. The lowest BCUT2D eigenvalue weighted by Gasteiger charge is -2.39. The second kappa shape index (κ2) is 2.74. The number of thiocarbonyl (C=S) groups is 1. The fourth-order valence-electron chi connectivity index (χ4n) is 1.17. The third-order valence-electron chi connectivity index (χ3n) is 2.10. The second-order valence-corrected chi connectivity index (χ2v) is 3.53. The van der Waals surface area contributed by atoms with Crippen molar-refractivity contribution >= 4 is 17.3 Å². The molecule has 10 heavy (non-hydrogen) atoms. The van der Waals surface area contributed by atoms with Gasteiger partial charge in [0.15, 0.2) is 5.11 Å². The summed E-state index contributed by atoms with van der Waals surface area (Å²) < 4.78 is 0. The van der Waals surface area contributed by atoms with E-state index in [1.807, 2.05) is 7.05 Å². The molecule has 1 aliphatic carbocycles. The van der Waals surface area contributed by atoms with E-state index in [-0.39, 0.29) is 0 Å². The SMILES string of the molecule is CNC(=S)NC1(C)CCC1. The highest BCUT2D eigenvalue weighted by molar-refractivity contribution is 7.80. The van der Waals surface area contributed by atoms with Gasteiger partial charge >= 0.3 is 0 Å². The van der Waals surface area contributed by atoms with E-state index < -0.39 is 0 Å². The number of rotatable bonds is 1. The molecule has 1 fully saturated rings. The van der Waals surface area contributed by atoms with Crippen LogP contribution in [0.5, 0.6) is 0 Å². The van der Waals surface area contributed by atoms with Crippen LogP contribution in [0.15, 0.2) is 0 Å². The van der Waals surface area contributed by atoms with E-state index in [0.29, 0.717) is 5.54 Å². The summed E-state index contributed by atoms with van der Waals surface area (Å²) in [6, 6.07) is 0. The molecule has 58 valence electrons. The quantitative estimate of drug-likeness (QED) is 0.557. The molecule has 0 aromatic heterocycles. The normalized spacial score (nSPS) is 21.0. The van der Waals surface area contributed by atoms with Crippen LogP contribution in [0.3, 0.4) is 0 Å². The highest BCUT2D eigenvalue weighted by Gasteiger charge is 2.31. The maximum Gasteiger partial charge on any atom is 0.166 e. The minimum absolute atomic E-state index is 0.292. The highest BCUT2D eigenvalue weighted by atomic mass is 32.1. The molecule has 0 aliphatic heterocycles. The van der Waals surface area contributed by atoms with Gasteiger partial charge in [0.05, 0.1) is 0 Å². The van der Waals surface area contributed by atoms with E-state index in [2.05, 4.69) is 17.6 Å². The van der Waals surface area contributed by atoms with E-state index >= 15 is 0 Å². The summed E-state index contributed by atoms with van der Waals surface area (Å²) in [7, 11) is 1.84. The first-order valence-corrected chi connectivity index (χ1v) is 4.07. The lowest BCUT2D eigenvalue weighted by atomic mass is 9.79. The third kappa shape index (κ3) is 1.59. The molecule has 1 rings (SSSR count). The molecule has 1 saturated carbocycles. The smallest absolute Gasteiger partial charge is 0.166 e. The molecule has 3 heteroatoms. The zero-order chi connectivity index (χ0) is 7.61. The van der Waals surface area contributed by atoms with Crippen LogP contribution in [0.25, 0.3) is 0 Å². The van der Waals surface area contributed by atoms with Crippen LogP contribution in [0, 0.1) is 0 Å². The molecule has 0 aromatic rings. The summed E-state index contributed by atoms with van der Waals surface area (Å²) in [4.78, 5) is 0. The van der Waals surface area contributed by atoms with Crippen LogP contribution < -0.4 is 10.6 Å². The lowest BCUT2D eigenvalue weighted by molar-refractivity contribution is 0.243. The van der Waals surface area contributed by atoms with E-state index in [1.54, 1.807) is 0 Å². The molecule has 0 heterocycles. The molecule has 0 spiro atoms. The van der Waals surface area contributed by atoms with Gasteiger partial charge in [0.1, 0.15) is 0 Å². The minimum Gasteiger partial charge on any atom is -0.366 e. The molecule has 2 N–H and O–H groups in total. The molecule has 0 saturated heterocycles. The van der Waals surface area contributed by atoms with Gasteiger partial charge in [-0.1, -0.05) is 0 Å². The Morgan fingerprint density at radius 3 is 2.40 bits per heavy atom. The van der Waals surface area contributed by atoms with Crippen molar-refractivity contribution in [2.75, 3.05) is 7.05 Å². The Morgan fingerprint density at radius 2 is 2.10 bits per heavy atom. The Morgan fingerprint density at radius 1 is 1.50 bits per heavy atom. The Hall–Kier alpha value is -0.310. The fourth-order valence-corrected chi connectivity index (χ4v) is 1.42. The monoisotopic (exact) mass is 158 g/mol. The number of hydrogen-bond acceptors (Lipinski definition) is 1. The standard InChI is InChI=1S/C7H14N2S/c1-7(4-3-5-7)9-6(10)8-2/h3-5H2,1-2H3,(H2,8,9,10). The maximum atomic E-state index is 4.98. The molecule has 2 nitrogen and oxygen atoms in total. The first kappa shape index (κ1) is 7.79. The molecule has 0 unspecified atom stereocenters. The van der Waals surface area contributed by atoms with E-state index in [1.165, 1.54) is 19.3 Å². The van der Waals surface area contributed by atoms with Crippen LogP contribution in [0.4, 0.5) is 0 Å². The van der Waals surface area contributed by atoms with Gasteiger partial charge < -0.3 is 10.6 Å². The van der Waals surface area contributed by atoms with Gasteiger partial charge in [-0.25, -0.2) is 0 Å². The second-order valence-electron chi connectivity index (χ2n) is 3.12. The van der Waals surface area contributed by atoms with Crippen LogP contribution >= 0.6 is 12.2 Å². The van der Waals surface area contributed by atoms with Crippen molar-refractivity contribution < 1.29 is 0 Å². The van der Waals surface area contributed by atoms with Crippen LogP contribution in [-0.2, 0) is 0 Å². The summed E-state index contributed by atoms with van der Waals surface area (Å²) in [6.45, 7) is 2.21. The lowest BCUT2D eigenvalue weighted by Crippen LogP contribution is -2.53. The summed E-state index contributed by atoms with van der Waals surface area (Å²) in [5.74, 6) is 0. The van der Waals surface area contributed by atoms with Crippen molar-refractivity contribution in [3.63, 3.8) is 0 Å². The largest absolute Gasteiger partial charge is 0.366 e. The average molecular weight is 158 g/mol. The van der Waals surface area contributed by atoms with E-state index in [4.69, 9.17) is 12.2 Å². The Balaban J connectivity index is 2.29. The van der Waals surface area contributed by atoms with Crippen molar-refractivity contribution in [3.8, 4) is 0 Å². The molecular formula is C7H14N2S. The van der Waals surface area contributed by atoms with Crippen molar-refractivity contribution in [2.24, 2.45) is 0 Å². The highest BCUT2D eigenvalue weighted by Crippen LogP contribution is 2.30. The third-order valence-corrected chi connectivity index (χ3v) is 2.41. The van der Waals surface area contributed by atoms with Gasteiger partial charge in [-0.05, 0) is 38.4 Å². The van der Waals surface area contributed by atoms with E-state index in [0.717, 1.165) is 5.11 Å². The molecule has 0 bridgehead atoms. The van der Waals surface area contributed by atoms with Crippen molar-refractivity contribution in [2.45, 2.75) is 31.7 Å². The van der Waals surface area contributed by atoms with Crippen LogP contribution in [-0.4, -0.2) is 17.7 Å². The first-order chi connectivity index (χ1) is 4.66. The average Bonchev–Trinajstić information content (AvgIpc) is 1.84. The summed E-state index contributed by atoms with van der Waals surface area (Å²) in [5.41, 5.74) is 0.292. The van der Waals surface area contributed by atoms with Crippen LogP contribution in [0.2, 0.25) is 0 Å². The summed E-state index contributed by atoms with van der Waals surface area (Å²) >= 11 is 4.98. The van der Waals surface area contributed by atoms with Crippen molar-refractivity contribution in [1.29, 1.82) is 0 Å². The Bertz CT molecular complexity index is 141. The minimum atomic E-state index is 0.292. The van der Waals surface area contributed by atoms with Gasteiger partial charge in [-0.3, -0.25) is 0 Å². The van der Waals surface area contributed by atoms with E-state index in [9.17, 15) is 0 Å². The zero-order valence-corrected chi connectivity index (χ0v) is 7.35. The van der Waals surface area contributed by atoms with Crippen molar-refractivity contribution in [3.05, 3.63) is 0 Å². The summed E-state index contributed by atoms with van der Waals surface area (Å²) in [6.07, 6.45) is 3.82. The predicted molar refractivity (Wildman–Crippen MR) is 47.0 cm³/mol. The van der Waals surface area contributed by atoms with Gasteiger partial charge in [0.2, 0.25) is 0 Å². The zero-order valence-electron chi connectivity index (χ0n) is 6.53. The maximum absolute atomic E-state index is 4.98. The van der Waals surface area contributed by atoms with Crippen molar-refractivity contribution in [1.82, 2.24) is 10.6 Å². The van der Waals surface area contributed by atoms with Gasteiger partial charge in [0, 0.05) is 12.6 Å². The fraction of sp³-hybridized carbons (Fsp3) is 0.857. The Kier molecular flexibility index (Phi) is 2.14. The van der Waals surface area contributed by atoms with Crippen LogP contribution in [0.1, 0.15) is 26.2 Å². The topological polar surface area (TPSA) is 24.1 Å². The van der Waals surface area contributed by atoms with Gasteiger partial charge in [0.25, 0.3) is 0 Å². The molecule has 0 amide bonds. The molecule has 0 radical (unpaired) electrons.